The molecule has 0 spiro atoms. The molecule has 1 aromatic heterocycles. The van der Waals surface area contributed by atoms with E-state index in [1.807, 2.05) is 14.0 Å². The second kappa shape index (κ2) is 6.15. The van der Waals surface area contributed by atoms with E-state index in [4.69, 9.17) is 4.74 Å². The van der Waals surface area contributed by atoms with Gasteiger partial charge in [-0.05, 0) is 38.2 Å². The van der Waals surface area contributed by atoms with Gasteiger partial charge >= 0.3 is 0 Å². The Hall–Kier alpha value is -2.14. The molecule has 2 aromatic rings. The van der Waals surface area contributed by atoms with Gasteiger partial charge in [-0.3, -0.25) is 0 Å². The third-order valence-electron chi connectivity index (χ3n) is 2.75. The molecule has 2 N–H and O–H groups in total. The summed E-state index contributed by atoms with van der Waals surface area (Å²) in [7, 11) is 1.89. The summed E-state index contributed by atoms with van der Waals surface area (Å²) >= 11 is 0. The Morgan fingerprint density at radius 2 is 1.84 bits per heavy atom. The number of hydrogen-bond donors (Lipinski definition) is 2. The fourth-order valence-electron chi connectivity index (χ4n) is 1.45. The molecule has 0 aliphatic heterocycles. The summed E-state index contributed by atoms with van der Waals surface area (Å²) in [5.74, 6) is 1.48. The van der Waals surface area contributed by atoms with Crippen molar-refractivity contribution in [1.29, 1.82) is 0 Å². The zero-order valence-electron chi connectivity index (χ0n) is 11.0. The van der Waals surface area contributed by atoms with Crippen LogP contribution in [-0.4, -0.2) is 34.8 Å². The monoisotopic (exact) mass is 259 g/mol. The number of benzene rings is 1. The number of aromatic nitrogens is 2. The number of nitrogens with one attached hydrogen (secondary N) is 1. The third-order valence-corrected chi connectivity index (χ3v) is 2.75. The molecule has 2 rings (SSSR count). The molecule has 0 fully saturated rings. The first kappa shape index (κ1) is 13.3. The van der Waals surface area contributed by atoms with Crippen molar-refractivity contribution in [3.63, 3.8) is 0 Å². The number of hydrogen-bond acceptors (Lipinski definition) is 5. The Morgan fingerprint density at radius 3 is 2.42 bits per heavy atom. The molecule has 0 aliphatic rings. The van der Waals surface area contributed by atoms with Crippen LogP contribution in [0.15, 0.2) is 36.7 Å². The first-order chi connectivity index (χ1) is 9.19. The van der Waals surface area contributed by atoms with Gasteiger partial charge in [0, 0.05) is 11.6 Å². The van der Waals surface area contributed by atoms with Crippen molar-refractivity contribution in [3.8, 4) is 22.9 Å². The number of rotatable bonds is 5. The average molecular weight is 259 g/mol. The number of nitrogens with zero attached hydrogens (tertiary/aromatic N) is 2. The highest BCUT2D eigenvalue weighted by Gasteiger charge is 2.03. The first-order valence-corrected chi connectivity index (χ1v) is 6.10. The highest BCUT2D eigenvalue weighted by atomic mass is 16.5. The van der Waals surface area contributed by atoms with Crippen LogP contribution < -0.4 is 10.1 Å². The highest BCUT2D eigenvalue weighted by Crippen LogP contribution is 2.19. The Morgan fingerprint density at radius 1 is 1.21 bits per heavy atom. The zero-order chi connectivity index (χ0) is 13.7. The molecule has 5 heteroatoms. The first-order valence-electron chi connectivity index (χ1n) is 6.10. The molecule has 1 unspecified atom stereocenters. The lowest BCUT2D eigenvalue weighted by Crippen LogP contribution is -2.28. The summed E-state index contributed by atoms with van der Waals surface area (Å²) in [6.07, 6.45) is 3.30. The fourth-order valence-corrected chi connectivity index (χ4v) is 1.45. The number of phenols is 1. The Labute approximate surface area is 112 Å². The van der Waals surface area contributed by atoms with E-state index in [0.717, 1.165) is 5.56 Å². The molecule has 5 nitrogen and oxygen atoms in total. The standard InChI is InChI=1S/C14H17N3O2/c1-10(15-2)9-19-13-7-16-14(17-8-13)11-3-5-12(18)6-4-11/h3-8,10,15,18H,9H2,1-2H3. The van der Waals surface area contributed by atoms with E-state index in [1.165, 1.54) is 0 Å². The van der Waals surface area contributed by atoms with Crippen LogP contribution >= 0.6 is 0 Å². The highest BCUT2D eigenvalue weighted by molar-refractivity contribution is 5.55. The lowest BCUT2D eigenvalue weighted by Gasteiger charge is -2.11. The summed E-state index contributed by atoms with van der Waals surface area (Å²) in [5, 5.41) is 12.3. The Balaban J connectivity index is 2.04. The van der Waals surface area contributed by atoms with Gasteiger partial charge in [0.2, 0.25) is 0 Å². The maximum absolute atomic E-state index is 9.23. The van der Waals surface area contributed by atoms with Gasteiger partial charge in [0.25, 0.3) is 0 Å². The van der Waals surface area contributed by atoms with Crippen molar-refractivity contribution in [2.24, 2.45) is 0 Å². The van der Waals surface area contributed by atoms with Gasteiger partial charge in [0.15, 0.2) is 11.6 Å². The summed E-state index contributed by atoms with van der Waals surface area (Å²) in [6, 6.07) is 7.04. The molecule has 100 valence electrons. The minimum Gasteiger partial charge on any atom is -0.508 e. The summed E-state index contributed by atoms with van der Waals surface area (Å²) in [5.41, 5.74) is 0.855. The number of phenolic OH excluding ortho intramolecular Hbond substituents is 1. The van der Waals surface area contributed by atoms with Gasteiger partial charge in [-0.25, -0.2) is 9.97 Å². The van der Waals surface area contributed by atoms with E-state index >= 15 is 0 Å². The number of likely N-dealkylation sites (N-methyl/N-ethyl adjacent to an activating group) is 1. The zero-order valence-corrected chi connectivity index (χ0v) is 11.0. The SMILES string of the molecule is CNC(C)COc1cnc(-c2ccc(O)cc2)nc1. The normalized spacial score (nSPS) is 12.1. The molecule has 19 heavy (non-hydrogen) atoms. The average Bonchev–Trinajstić information content (AvgIpc) is 2.46. The van der Waals surface area contributed by atoms with E-state index in [-0.39, 0.29) is 11.8 Å². The molecular weight excluding hydrogens is 242 g/mol. The Bertz CT molecular complexity index is 511. The molecule has 1 atom stereocenters. The van der Waals surface area contributed by atoms with E-state index in [0.29, 0.717) is 18.2 Å². The van der Waals surface area contributed by atoms with Crippen LogP contribution in [-0.2, 0) is 0 Å². The Kier molecular flexibility index (Phi) is 4.30. The van der Waals surface area contributed by atoms with E-state index < -0.39 is 0 Å². The van der Waals surface area contributed by atoms with Gasteiger partial charge in [0.1, 0.15) is 12.4 Å². The van der Waals surface area contributed by atoms with Crippen molar-refractivity contribution in [2.75, 3.05) is 13.7 Å². The maximum atomic E-state index is 9.23. The van der Waals surface area contributed by atoms with Crippen molar-refractivity contribution in [1.82, 2.24) is 15.3 Å². The van der Waals surface area contributed by atoms with E-state index in [9.17, 15) is 5.11 Å². The van der Waals surface area contributed by atoms with Gasteiger partial charge in [-0.1, -0.05) is 0 Å². The van der Waals surface area contributed by atoms with Gasteiger partial charge in [-0.2, -0.15) is 0 Å². The van der Waals surface area contributed by atoms with Crippen LogP contribution in [0.1, 0.15) is 6.92 Å². The van der Waals surface area contributed by atoms with E-state index in [2.05, 4.69) is 15.3 Å². The molecule has 0 aliphatic carbocycles. The van der Waals surface area contributed by atoms with Gasteiger partial charge in [0.05, 0.1) is 12.4 Å². The molecular formula is C14H17N3O2. The van der Waals surface area contributed by atoms with Crippen molar-refractivity contribution >= 4 is 0 Å². The number of aromatic hydroxyl groups is 1. The van der Waals surface area contributed by atoms with Crippen molar-refractivity contribution in [2.45, 2.75) is 13.0 Å². The quantitative estimate of drug-likeness (QED) is 0.857. The third kappa shape index (κ3) is 3.66. The van der Waals surface area contributed by atoms with Crippen LogP contribution in [0.4, 0.5) is 0 Å². The maximum Gasteiger partial charge on any atom is 0.159 e. The number of ether oxygens (including phenoxy) is 1. The van der Waals surface area contributed by atoms with E-state index in [1.54, 1.807) is 36.7 Å². The molecule has 0 saturated heterocycles. The largest absolute Gasteiger partial charge is 0.508 e. The molecule has 0 bridgehead atoms. The second-order valence-electron chi connectivity index (χ2n) is 4.29. The molecule has 1 heterocycles. The van der Waals surface area contributed by atoms with Crippen molar-refractivity contribution < 1.29 is 9.84 Å². The molecule has 0 radical (unpaired) electrons. The minimum atomic E-state index is 0.227. The van der Waals surface area contributed by atoms with Crippen LogP contribution in [0.5, 0.6) is 11.5 Å². The predicted octanol–water partition coefficient (Wildman–Crippen LogP) is 1.84. The lowest BCUT2D eigenvalue weighted by atomic mass is 10.2. The molecule has 0 amide bonds. The van der Waals surface area contributed by atoms with Crippen LogP contribution in [0.2, 0.25) is 0 Å². The molecule has 0 saturated carbocycles. The van der Waals surface area contributed by atoms with Gasteiger partial charge < -0.3 is 15.2 Å². The van der Waals surface area contributed by atoms with Crippen LogP contribution in [0, 0.1) is 0 Å². The van der Waals surface area contributed by atoms with Gasteiger partial charge in [-0.15, -0.1) is 0 Å². The topological polar surface area (TPSA) is 67.3 Å². The smallest absolute Gasteiger partial charge is 0.159 e. The second-order valence-corrected chi connectivity index (χ2v) is 4.29. The summed E-state index contributed by atoms with van der Waals surface area (Å²) in [6.45, 7) is 2.60. The lowest BCUT2D eigenvalue weighted by molar-refractivity contribution is 0.278. The predicted molar refractivity (Wildman–Crippen MR) is 73.1 cm³/mol. The van der Waals surface area contributed by atoms with Crippen LogP contribution in [0.3, 0.4) is 0 Å². The van der Waals surface area contributed by atoms with Crippen molar-refractivity contribution in [3.05, 3.63) is 36.7 Å². The van der Waals surface area contributed by atoms with Crippen LogP contribution in [0.25, 0.3) is 11.4 Å². The summed E-state index contributed by atoms with van der Waals surface area (Å²) in [4.78, 5) is 8.49. The minimum absolute atomic E-state index is 0.227. The fraction of sp³-hybridized carbons (Fsp3) is 0.286. The summed E-state index contributed by atoms with van der Waals surface area (Å²) < 4.78 is 5.54. The molecule has 1 aromatic carbocycles.